The molecule has 0 saturated carbocycles. The molecule has 0 aromatic rings. The van der Waals surface area contributed by atoms with Crippen molar-refractivity contribution in [2.45, 2.75) is 3.25 Å². The SMILES string of the molecule is Br.ClC(Cl)(Cl)Cl. The predicted octanol–water partition coefficient (Wildman–Crippen LogP) is 3.13. The Bertz CT molecular complexity index is 23.0. The van der Waals surface area contributed by atoms with E-state index in [0.29, 0.717) is 0 Å². The highest BCUT2D eigenvalue weighted by molar-refractivity contribution is 8.93. The highest BCUT2D eigenvalue weighted by atomic mass is 79.9. The van der Waals surface area contributed by atoms with E-state index in [2.05, 4.69) is 0 Å². The van der Waals surface area contributed by atoms with Crippen LogP contribution in [0, 0.1) is 0 Å². The second kappa shape index (κ2) is 3.62. The van der Waals surface area contributed by atoms with Crippen LogP contribution in [0.25, 0.3) is 0 Å². The summed E-state index contributed by atoms with van der Waals surface area (Å²) in [5.41, 5.74) is 0. The van der Waals surface area contributed by atoms with E-state index < -0.39 is 3.25 Å². The molecule has 0 aliphatic rings. The van der Waals surface area contributed by atoms with Crippen molar-refractivity contribution in [3.63, 3.8) is 0 Å². The number of alkyl halides is 4. The Hall–Kier alpha value is 1.64. The maximum absolute atomic E-state index is 4.83. The average molecular weight is 235 g/mol. The molecule has 0 N–H and O–H groups in total. The fourth-order valence-electron chi connectivity index (χ4n) is 0. The summed E-state index contributed by atoms with van der Waals surface area (Å²) >= 11 is 19.3. The lowest BCUT2D eigenvalue weighted by atomic mass is 11.8. The Morgan fingerprint density at radius 2 is 0.833 bits per heavy atom. The molecule has 0 spiro atoms. The zero-order valence-corrected chi connectivity index (χ0v) is 7.16. The molecule has 0 rings (SSSR count). The molecule has 0 atom stereocenters. The van der Waals surface area contributed by atoms with E-state index in [1.165, 1.54) is 0 Å². The molecule has 0 heterocycles. The monoisotopic (exact) mass is 232 g/mol. The van der Waals surface area contributed by atoms with E-state index in [-0.39, 0.29) is 17.0 Å². The molecule has 5 heteroatoms. The maximum atomic E-state index is 4.83. The largest absolute Gasteiger partial charge is 0.266 e. The van der Waals surface area contributed by atoms with Gasteiger partial charge in [-0.15, -0.1) is 17.0 Å². The fraction of sp³-hybridized carbons (Fsp3) is 1.00. The summed E-state index contributed by atoms with van der Waals surface area (Å²) < 4.78 is -1.61. The highest BCUT2D eigenvalue weighted by Crippen LogP contribution is 2.29. The molecule has 0 aliphatic carbocycles. The van der Waals surface area contributed by atoms with Crippen molar-refractivity contribution in [1.29, 1.82) is 0 Å². The molecular weight excluding hydrogens is 234 g/mol. The first-order valence-electron chi connectivity index (χ1n) is 0.756. The smallest absolute Gasteiger partial charge is 0.114 e. The van der Waals surface area contributed by atoms with E-state index in [0.717, 1.165) is 0 Å². The van der Waals surface area contributed by atoms with E-state index in [1.807, 2.05) is 0 Å². The van der Waals surface area contributed by atoms with Gasteiger partial charge in [-0.3, -0.25) is 0 Å². The van der Waals surface area contributed by atoms with Crippen LogP contribution >= 0.6 is 63.4 Å². The van der Waals surface area contributed by atoms with Gasteiger partial charge in [-0.1, -0.05) is 46.4 Å². The Kier molecular flexibility index (Phi) is 6.39. The number of hydrogen-bond acceptors (Lipinski definition) is 0. The Morgan fingerprint density at radius 1 is 0.833 bits per heavy atom. The number of rotatable bonds is 0. The molecule has 0 saturated heterocycles. The van der Waals surface area contributed by atoms with E-state index >= 15 is 0 Å². The summed E-state index contributed by atoms with van der Waals surface area (Å²) in [7, 11) is 0. The fourth-order valence-corrected chi connectivity index (χ4v) is 0. The standard InChI is InChI=1S/CCl4.BrH/c2-1(3,4)5;/h;1H. The third kappa shape index (κ3) is 45.1. The van der Waals surface area contributed by atoms with Crippen molar-refractivity contribution >= 4 is 63.4 Å². The molecule has 0 radical (unpaired) electrons. The minimum Gasteiger partial charge on any atom is -0.114 e. The molecule has 0 aromatic heterocycles. The molecule has 0 aromatic carbocycles. The van der Waals surface area contributed by atoms with Gasteiger partial charge in [-0.05, 0) is 0 Å². The second-order valence-electron chi connectivity index (χ2n) is 0.429. The van der Waals surface area contributed by atoms with E-state index in [4.69, 9.17) is 46.4 Å². The lowest BCUT2D eigenvalue weighted by Gasteiger charge is -1.91. The lowest BCUT2D eigenvalue weighted by molar-refractivity contribution is 1.76. The molecule has 0 bridgehead atoms. The van der Waals surface area contributed by atoms with Gasteiger partial charge in [0.25, 0.3) is 3.25 Å². The molecular formula is CHBrCl4. The third-order valence-electron chi connectivity index (χ3n) is 0. The van der Waals surface area contributed by atoms with Crippen LogP contribution in [0.2, 0.25) is 0 Å². The van der Waals surface area contributed by atoms with Gasteiger partial charge in [0, 0.05) is 0 Å². The van der Waals surface area contributed by atoms with Crippen LogP contribution in [0.4, 0.5) is 0 Å². The lowest BCUT2D eigenvalue weighted by Crippen LogP contribution is -1.81. The summed E-state index contributed by atoms with van der Waals surface area (Å²) in [6.07, 6.45) is 0. The van der Waals surface area contributed by atoms with E-state index in [9.17, 15) is 0 Å². The summed E-state index contributed by atoms with van der Waals surface area (Å²) in [6, 6.07) is 0. The minimum absolute atomic E-state index is 0. The van der Waals surface area contributed by atoms with Crippen LogP contribution in [0.5, 0.6) is 0 Å². The molecule has 0 amide bonds. The number of hydrogen-bond donors (Lipinski definition) is 0. The van der Waals surface area contributed by atoms with Crippen molar-refractivity contribution in [2.75, 3.05) is 0 Å². The van der Waals surface area contributed by atoms with Crippen LogP contribution < -0.4 is 0 Å². The van der Waals surface area contributed by atoms with Crippen LogP contribution in [0.3, 0.4) is 0 Å². The van der Waals surface area contributed by atoms with Crippen molar-refractivity contribution < 1.29 is 0 Å². The summed E-state index contributed by atoms with van der Waals surface area (Å²) in [4.78, 5) is 0. The zero-order valence-electron chi connectivity index (χ0n) is 2.42. The highest BCUT2D eigenvalue weighted by Gasteiger charge is 2.11. The van der Waals surface area contributed by atoms with Gasteiger partial charge in [0.15, 0.2) is 0 Å². The summed E-state index contributed by atoms with van der Waals surface area (Å²) in [5.74, 6) is 0. The molecule has 0 aliphatic heterocycles. The van der Waals surface area contributed by atoms with Gasteiger partial charge in [0.2, 0.25) is 0 Å². The first-order valence-corrected chi connectivity index (χ1v) is 2.27. The normalized spacial score (nSPS) is 10.0. The Balaban J connectivity index is 0. The first-order chi connectivity index (χ1) is 2.00. The van der Waals surface area contributed by atoms with Crippen molar-refractivity contribution in [3.05, 3.63) is 0 Å². The molecule has 0 fully saturated rings. The van der Waals surface area contributed by atoms with Crippen LogP contribution in [-0.4, -0.2) is 3.25 Å². The van der Waals surface area contributed by atoms with Crippen molar-refractivity contribution in [2.24, 2.45) is 0 Å². The van der Waals surface area contributed by atoms with Crippen LogP contribution in [0.15, 0.2) is 0 Å². The average Bonchev–Trinajstić information content (AvgIpc) is 0.722. The molecule has 6 heavy (non-hydrogen) atoms. The second-order valence-corrected chi connectivity index (χ2v) is 3.86. The Labute approximate surface area is 66.5 Å². The predicted molar refractivity (Wildman–Crippen MR) is 36.5 cm³/mol. The van der Waals surface area contributed by atoms with Gasteiger partial charge in [-0.2, -0.15) is 0 Å². The van der Waals surface area contributed by atoms with Gasteiger partial charge >= 0.3 is 0 Å². The summed E-state index contributed by atoms with van der Waals surface area (Å²) in [5, 5.41) is 0. The zero-order chi connectivity index (χ0) is 4.50. The quantitative estimate of drug-likeness (QED) is 0.565. The van der Waals surface area contributed by atoms with Crippen LogP contribution in [0.1, 0.15) is 0 Å². The van der Waals surface area contributed by atoms with Gasteiger partial charge in [0.1, 0.15) is 0 Å². The van der Waals surface area contributed by atoms with Crippen molar-refractivity contribution in [3.8, 4) is 0 Å². The minimum atomic E-state index is -1.61. The van der Waals surface area contributed by atoms with Crippen molar-refractivity contribution in [1.82, 2.24) is 0 Å². The summed E-state index contributed by atoms with van der Waals surface area (Å²) in [6.45, 7) is 0. The van der Waals surface area contributed by atoms with Gasteiger partial charge in [0.05, 0.1) is 0 Å². The number of halogens is 5. The topological polar surface area (TPSA) is 0 Å². The first kappa shape index (κ1) is 10.6. The van der Waals surface area contributed by atoms with Crippen LogP contribution in [-0.2, 0) is 0 Å². The molecule has 0 unspecified atom stereocenters. The maximum Gasteiger partial charge on any atom is 0.266 e. The molecule has 40 valence electrons. The van der Waals surface area contributed by atoms with Gasteiger partial charge in [-0.25, -0.2) is 0 Å². The molecule has 0 nitrogen and oxygen atoms in total. The third-order valence-corrected chi connectivity index (χ3v) is 0. The Morgan fingerprint density at radius 3 is 0.833 bits per heavy atom. The van der Waals surface area contributed by atoms with E-state index in [1.54, 1.807) is 0 Å². The van der Waals surface area contributed by atoms with Gasteiger partial charge < -0.3 is 0 Å².